The van der Waals surface area contributed by atoms with Gasteiger partial charge in [0.15, 0.2) is 0 Å². The van der Waals surface area contributed by atoms with Crippen molar-refractivity contribution in [3.8, 4) is 5.75 Å². The smallest absolute Gasteiger partial charge is 0.115 e. The van der Waals surface area contributed by atoms with Crippen molar-refractivity contribution in [1.82, 2.24) is 4.90 Å². The maximum Gasteiger partial charge on any atom is 0.115 e. The number of benzene rings is 3. The molecule has 1 saturated heterocycles. The average Bonchev–Trinajstić information content (AvgIpc) is 3.00. The summed E-state index contributed by atoms with van der Waals surface area (Å²) < 4.78 is 0. The van der Waals surface area contributed by atoms with Gasteiger partial charge in [-0.3, -0.25) is 9.89 Å². The second-order valence-electron chi connectivity index (χ2n) is 9.92. The van der Waals surface area contributed by atoms with Crippen molar-refractivity contribution >= 4 is 6.21 Å². The Morgan fingerprint density at radius 2 is 1.41 bits per heavy atom. The van der Waals surface area contributed by atoms with Crippen LogP contribution in [0, 0.1) is 11.8 Å². The first-order chi connectivity index (χ1) is 15.7. The van der Waals surface area contributed by atoms with Gasteiger partial charge in [0.1, 0.15) is 5.75 Å². The fourth-order valence-corrected chi connectivity index (χ4v) is 6.72. The predicted molar refractivity (Wildman–Crippen MR) is 129 cm³/mol. The number of hydrogen-bond donors (Lipinski definition) is 1. The summed E-state index contributed by atoms with van der Waals surface area (Å²) in [6.07, 6.45) is 6.80. The minimum absolute atomic E-state index is 0.0302. The van der Waals surface area contributed by atoms with E-state index in [2.05, 4.69) is 83.9 Å². The van der Waals surface area contributed by atoms with Gasteiger partial charge in [-0.1, -0.05) is 72.8 Å². The van der Waals surface area contributed by atoms with Crippen LogP contribution in [0.2, 0.25) is 0 Å². The van der Waals surface area contributed by atoms with Gasteiger partial charge in [-0.05, 0) is 60.4 Å². The van der Waals surface area contributed by atoms with Gasteiger partial charge in [0, 0.05) is 30.3 Å². The van der Waals surface area contributed by atoms with E-state index in [1.54, 1.807) is 0 Å². The summed E-state index contributed by atoms with van der Waals surface area (Å²) in [4.78, 5) is 7.91. The molecule has 1 N–H and O–H groups in total. The molecule has 32 heavy (non-hydrogen) atoms. The second kappa shape index (κ2) is 7.90. The Kier molecular flexibility index (Phi) is 4.87. The summed E-state index contributed by atoms with van der Waals surface area (Å²) in [6, 6.07) is 30.7. The molecule has 3 heterocycles. The monoisotopic (exact) mass is 422 g/mol. The first-order valence-corrected chi connectivity index (χ1v) is 11.9. The fourth-order valence-electron chi connectivity index (χ4n) is 6.72. The lowest BCUT2D eigenvalue weighted by Gasteiger charge is -2.44. The number of aliphatic imine (C=N–C) groups is 1. The van der Waals surface area contributed by atoms with Crippen molar-refractivity contribution in [3.63, 3.8) is 0 Å². The summed E-state index contributed by atoms with van der Waals surface area (Å²) in [7, 11) is 0. The van der Waals surface area contributed by atoms with Crippen LogP contribution in [-0.4, -0.2) is 33.8 Å². The zero-order chi connectivity index (χ0) is 21.5. The molecule has 0 spiro atoms. The Labute approximate surface area is 190 Å². The second-order valence-corrected chi connectivity index (χ2v) is 9.92. The Hall–Kier alpha value is -2.91. The van der Waals surface area contributed by atoms with Crippen molar-refractivity contribution < 1.29 is 5.11 Å². The molecule has 3 aromatic carbocycles. The molecular formula is C29H30N2O. The molecule has 3 aromatic rings. The topological polar surface area (TPSA) is 35.8 Å². The molecule has 162 valence electrons. The van der Waals surface area contributed by atoms with Crippen molar-refractivity contribution in [2.24, 2.45) is 16.8 Å². The molecule has 0 amide bonds. The molecule has 0 aromatic heterocycles. The van der Waals surface area contributed by atoms with E-state index >= 15 is 0 Å². The van der Waals surface area contributed by atoms with E-state index in [1.165, 1.54) is 29.5 Å². The van der Waals surface area contributed by atoms with Crippen molar-refractivity contribution in [1.29, 1.82) is 0 Å². The van der Waals surface area contributed by atoms with Gasteiger partial charge in [0.05, 0.1) is 6.04 Å². The quantitative estimate of drug-likeness (QED) is 0.587. The Balaban J connectivity index is 1.46. The number of nitrogens with zero attached hydrogens (tertiary/aromatic N) is 2. The Morgan fingerprint density at radius 3 is 2.00 bits per heavy atom. The first kappa shape index (κ1) is 19.8. The molecule has 0 radical (unpaired) electrons. The van der Waals surface area contributed by atoms with Crippen molar-refractivity contribution in [2.75, 3.05) is 0 Å². The molecule has 3 aliphatic heterocycles. The minimum Gasteiger partial charge on any atom is -0.508 e. The van der Waals surface area contributed by atoms with Crippen LogP contribution in [0.1, 0.15) is 29.5 Å². The number of likely N-dealkylation sites (tertiary alicyclic amines) is 1. The highest BCUT2D eigenvalue weighted by molar-refractivity contribution is 5.64. The maximum absolute atomic E-state index is 9.81. The Morgan fingerprint density at radius 1 is 0.781 bits per heavy atom. The van der Waals surface area contributed by atoms with E-state index in [4.69, 9.17) is 4.99 Å². The standard InChI is InChI=1S/C29H30N2O/c32-25-13-11-23(12-14-25)20-31-27-16-24-15-26(28(27)30-19-24)29(31,17-21-7-3-1-4-8-21)18-22-9-5-2-6-10-22/h1-14,19,24,26-28,32H,15-18,20H2. The third-order valence-corrected chi connectivity index (χ3v) is 8.03. The number of rotatable bonds is 6. The average molecular weight is 423 g/mol. The highest BCUT2D eigenvalue weighted by atomic mass is 16.3. The van der Waals surface area contributed by atoms with Gasteiger partial charge in [0.2, 0.25) is 0 Å². The molecule has 4 atom stereocenters. The zero-order valence-corrected chi connectivity index (χ0v) is 18.3. The third-order valence-electron chi connectivity index (χ3n) is 8.03. The van der Waals surface area contributed by atoms with Crippen LogP contribution in [0.5, 0.6) is 5.75 Å². The lowest BCUT2D eigenvalue weighted by Crippen LogP contribution is -2.52. The zero-order valence-electron chi connectivity index (χ0n) is 18.3. The number of aromatic hydroxyl groups is 1. The van der Waals surface area contributed by atoms with Crippen molar-refractivity contribution in [2.45, 2.75) is 49.9 Å². The molecule has 1 aliphatic carbocycles. The van der Waals surface area contributed by atoms with Crippen LogP contribution in [0.15, 0.2) is 89.9 Å². The molecule has 4 bridgehead atoms. The normalized spacial score (nSPS) is 27.6. The molecular weight excluding hydrogens is 392 g/mol. The van der Waals surface area contributed by atoms with Crippen LogP contribution < -0.4 is 0 Å². The highest BCUT2D eigenvalue weighted by Gasteiger charge is 2.62. The largest absolute Gasteiger partial charge is 0.508 e. The number of phenolic OH excluding ortho intramolecular Hbond substituents is 1. The molecule has 7 rings (SSSR count). The molecule has 4 unspecified atom stereocenters. The molecule has 4 aliphatic rings. The van der Waals surface area contributed by atoms with E-state index in [-0.39, 0.29) is 5.54 Å². The molecule has 3 heteroatoms. The lowest BCUT2D eigenvalue weighted by atomic mass is 9.67. The minimum atomic E-state index is 0.0302. The van der Waals surface area contributed by atoms with Gasteiger partial charge < -0.3 is 5.11 Å². The van der Waals surface area contributed by atoms with Crippen LogP contribution >= 0.6 is 0 Å². The highest BCUT2D eigenvalue weighted by Crippen LogP contribution is 2.55. The maximum atomic E-state index is 9.81. The van der Waals surface area contributed by atoms with Gasteiger partial charge >= 0.3 is 0 Å². The third kappa shape index (κ3) is 3.36. The summed E-state index contributed by atoms with van der Waals surface area (Å²) in [6.45, 7) is 0.903. The molecule has 1 saturated carbocycles. The van der Waals surface area contributed by atoms with Crippen LogP contribution in [-0.2, 0) is 19.4 Å². The molecule has 2 fully saturated rings. The van der Waals surface area contributed by atoms with E-state index < -0.39 is 0 Å². The summed E-state index contributed by atoms with van der Waals surface area (Å²) in [5.74, 6) is 1.50. The Bertz CT molecular complexity index is 1050. The van der Waals surface area contributed by atoms with Gasteiger partial charge in [-0.2, -0.15) is 0 Å². The van der Waals surface area contributed by atoms with Crippen molar-refractivity contribution in [3.05, 3.63) is 102 Å². The van der Waals surface area contributed by atoms with Crippen LogP contribution in [0.4, 0.5) is 0 Å². The van der Waals surface area contributed by atoms with Crippen LogP contribution in [0.25, 0.3) is 0 Å². The lowest BCUT2D eigenvalue weighted by molar-refractivity contribution is 0.0727. The fraction of sp³-hybridized carbons (Fsp3) is 0.345. The molecule has 3 nitrogen and oxygen atoms in total. The van der Waals surface area contributed by atoms with E-state index in [9.17, 15) is 5.11 Å². The summed E-state index contributed by atoms with van der Waals surface area (Å²) in [5.41, 5.74) is 4.11. The summed E-state index contributed by atoms with van der Waals surface area (Å²) >= 11 is 0. The van der Waals surface area contributed by atoms with Gasteiger partial charge in [-0.15, -0.1) is 0 Å². The van der Waals surface area contributed by atoms with Gasteiger partial charge in [-0.25, -0.2) is 0 Å². The van der Waals surface area contributed by atoms with E-state index in [0.717, 1.165) is 19.4 Å². The van der Waals surface area contributed by atoms with Crippen LogP contribution in [0.3, 0.4) is 0 Å². The van der Waals surface area contributed by atoms with Gasteiger partial charge in [0.25, 0.3) is 0 Å². The predicted octanol–water partition coefficient (Wildman–Crippen LogP) is 5.28. The summed E-state index contributed by atoms with van der Waals surface area (Å²) in [5, 5.41) is 9.81. The number of hydrogen-bond acceptors (Lipinski definition) is 3. The SMILES string of the molecule is Oc1ccc(CN2C3CC4C=NC3C(C4)C2(Cc2ccccc2)Cc2ccccc2)cc1. The van der Waals surface area contributed by atoms with E-state index in [0.29, 0.717) is 29.7 Å². The first-order valence-electron chi connectivity index (χ1n) is 11.9. The number of phenols is 1. The van der Waals surface area contributed by atoms with E-state index in [1.807, 2.05) is 12.1 Å².